The van der Waals surface area contributed by atoms with Gasteiger partial charge in [0.15, 0.2) is 5.78 Å². The Morgan fingerprint density at radius 1 is 1.23 bits per heavy atom. The summed E-state index contributed by atoms with van der Waals surface area (Å²) in [7, 11) is 1.63. The molecule has 0 radical (unpaired) electrons. The molecule has 3 aliphatic rings. The molecular formula is C19H22O3. The number of carbonyl (C=O) groups is 1. The standard InChI is InChI=1S/C19H22O3/c1-3-10-6-7-13(22-2)9-14(10)17-18(20)15-11-4-5-12(8-11)16(15)19(17)21/h6-7,9,11-12,15-16,20H,3-5,8H2,1-2H3/t11-,12+,15?,16?/m0/s1. The molecule has 0 spiro atoms. The average Bonchev–Trinajstić information content (AvgIpc) is 3.21. The van der Waals surface area contributed by atoms with Crippen LogP contribution in [0, 0.1) is 23.7 Å². The van der Waals surface area contributed by atoms with Crippen LogP contribution in [0.2, 0.25) is 0 Å². The summed E-state index contributed by atoms with van der Waals surface area (Å²) in [6.07, 6.45) is 4.27. The number of benzene rings is 1. The summed E-state index contributed by atoms with van der Waals surface area (Å²) < 4.78 is 5.32. The van der Waals surface area contributed by atoms with Crippen LogP contribution in [-0.4, -0.2) is 18.0 Å². The van der Waals surface area contributed by atoms with E-state index in [1.54, 1.807) is 7.11 Å². The SMILES string of the molecule is CCc1ccc(OC)cc1C1=C(O)C2C(C1=O)[C@@H]1CC[C@H]2C1. The van der Waals surface area contributed by atoms with Crippen LogP contribution in [0.15, 0.2) is 24.0 Å². The first-order chi connectivity index (χ1) is 10.7. The molecule has 2 fully saturated rings. The Bertz CT molecular complexity index is 673. The topological polar surface area (TPSA) is 46.5 Å². The largest absolute Gasteiger partial charge is 0.511 e. The highest BCUT2D eigenvalue weighted by Gasteiger charge is 2.57. The van der Waals surface area contributed by atoms with E-state index in [1.807, 2.05) is 18.2 Å². The van der Waals surface area contributed by atoms with E-state index in [1.165, 1.54) is 0 Å². The van der Waals surface area contributed by atoms with Crippen LogP contribution < -0.4 is 4.74 Å². The van der Waals surface area contributed by atoms with Crippen molar-refractivity contribution >= 4 is 11.4 Å². The predicted molar refractivity (Wildman–Crippen MR) is 84.7 cm³/mol. The van der Waals surface area contributed by atoms with Crippen molar-refractivity contribution in [1.29, 1.82) is 0 Å². The number of rotatable bonds is 3. The third kappa shape index (κ3) is 1.71. The minimum Gasteiger partial charge on any atom is -0.511 e. The van der Waals surface area contributed by atoms with Crippen LogP contribution in [0.1, 0.15) is 37.3 Å². The minimum absolute atomic E-state index is 0.0321. The lowest BCUT2D eigenvalue weighted by Gasteiger charge is -2.23. The Balaban J connectivity index is 1.84. The Hall–Kier alpha value is -1.77. The summed E-state index contributed by atoms with van der Waals surface area (Å²) in [5.74, 6) is 2.36. The zero-order chi connectivity index (χ0) is 15.4. The number of aliphatic hydroxyl groups is 1. The van der Waals surface area contributed by atoms with E-state index in [2.05, 4.69) is 6.92 Å². The molecular weight excluding hydrogens is 276 g/mol. The van der Waals surface area contributed by atoms with Crippen LogP contribution in [0.5, 0.6) is 5.75 Å². The summed E-state index contributed by atoms with van der Waals surface area (Å²) >= 11 is 0. The van der Waals surface area contributed by atoms with Crippen molar-refractivity contribution in [3.63, 3.8) is 0 Å². The molecule has 1 aromatic rings. The van der Waals surface area contributed by atoms with Gasteiger partial charge in [-0.05, 0) is 60.8 Å². The van der Waals surface area contributed by atoms with Gasteiger partial charge in [0.1, 0.15) is 11.5 Å². The number of hydrogen-bond donors (Lipinski definition) is 1. The van der Waals surface area contributed by atoms with Gasteiger partial charge >= 0.3 is 0 Å². The summed E-state index contributed by atoms with van der Waals surface area (Å²) in [6, 6.07) is 5.83. The maximum atomic E-state index is 13.0. The van der Waals surface area contributed by atoms with E-state index in [-0.39, 0.29) is 17.6 Å². The van der Waals surface area contributed by atoms with Crippen molar-refractivity contribution in [3.8, 4) is 5.75 Å². The van der Waals surface area contributed by atoms with Crippen LogP contribution in [0.4, 0.5) is 0 Å². The van der Waals surface area contributed by atoms with E-state index in [4.69, 9.17) is 4.74 Å². The van der Waals surface area contributed by atoms with Crippen molar-refractivity contribution < 1.29 is 14.6 Å². The number of allylic oxidation sites excluding steroid dienone is 2. The molecule has 0 aliphatic heterocycles. The fraction of sp³-hybridized carbons (Fsp3) is 0.526. The summed E-state index contributed by atoms with van der Waals surface area (Å²) in [6.45, 7) is 2.08. The molecule has 4 atom stereocenters. The van der Waals surface area contributed by atoms with E-state index in [0.717, 1.165) is 42.6 Å². The fourth-order valence-corrected chi connectivity index (χ4v) is 5.02. The van der Waals surface area contributed by atoms with Crippen LogP contribution in [0.25, 0.3) is 5.57 Å². The maximum absolute atomic E-state index is 13.0. The lowest BCUT2D eigenvalue weighted by molar-refractivity contribution is -0.118. The molecule has 2 unspecified atom stereocenters. The van der Waals surface area contributed by atoms with Crippen molar-refractivity contribution in [1.82, 2.24) is 0 Å². The number of aryl methyl sites for hydroxylation is 1. The Kier molecular flexibility index (Phi) is 3.07. The Morgan fingerprint density at radius 2 is 1.95 bits per heavy atom. The van der Waals surface area contributed by atoms with Gasteiger partial charge in [-0.1, -0.05) is 13.0 Å². The van der Waals surface area contributed by atoms with Crippen molar-refractivity contribution in [2.45, 2.75) is 32.6 Å². The number of carbonyl (C=O) groups excluding carboxylic acids is 1. The smallest absolute Gasteiger partial charge is 0.170 e. The number of ketones is 1. The molecule has 0 saturated heterocycles. The van der Waals surface area contributed by atoms with Gasteiger partial charge in [0.05, 0.1) is 12.7 Å². The van der Waals surface area contributed by atoms with Gasteiger partial charge < -0.3 is 9.84 Å². The average molecular weight is 298 g/mol. The summed E-state index contributed by atoms with van der Waals surface area (Å²) in [4.78, 5) is 13.0. The second-order valence-corrected chi connectivity index (χ2v) is 6.89. The van der Waals surface area contributed by atoms with Crippen molar-refractivity contribution in [2.75, 3.05) is 7.11 Å². The lowest BCUT2D eigenvalue weighted by atomic mass is 9.80. The number of hydrogen-bond acceptors (Lipinski definition) is 3. The van der Waals surface area contributed by atoms with Gasteiger partial charge in [-0.15, -0.1) is 0 Å². The molecule has 3 nitrogen and oxygen atoms in total. The molecule has 2 bridgehead atoms. The summed E-state index contributed by atoms with van der Waals surface area (Å²) in [5.41, 5.74) is 2.54. The monoisotopic (exact) mass is 298 g/mol. The first-order valence-electron chi connectivity index (χ1n) is 8.30. The molecule has 3 heteroatoms. The van der Waals surface area contributed by atoms with E-state index >= 15 is 0 Å². The molecule has 2 saturated carbocycles. The molecule has 0 heterocycles. The lowest BCUT2D eigenvalue weighted by Crippen LogP contribution is -2.24. The predicted octanol–water partition coefficient (Wildman–Crippen LogP) is 3.77. The number of Topliss-reactive ketones (excluding diaryl/α,β-unsaturated/α-hetero) is 1. The van der Waals surface area contributed by atoms with E-state index in [9.17, 15) is 9.90 Å². The first-order valence-corrected chi connectivity index (χ1v) is 8.30. The first kappa shape index (κ1) is 13.9. The third-order valence-electron chi connectivity index (χ3n) is 6.00. The van der Waals surface area contributed by atoms with Gasteiger partial charge in [0.25, 0.3) is 0 Å². The van der Waals surface area contributed by atoms with Crippen molar-refractivity contribution in [3.05, 3.63) is 35.1 Å². The van der Waals surface area contributed by atoms with Crippen LogP contribution in [0.3, 0.4) is 0 Å². The highest BCUT2D eigenvalue weighted by atomic mass is 16.5. The number of methoxy groups -OCH3 is 1. The maximum Gasteiger partial charge on any atom is 0.170 e. The van der Waals surface area contributed by atoms with Crippen LogP contribution in [-0.2, 0) is 11.2 Å². The number of ether oxygens (including phenoxy) is 1. The fourth-order valence-electron chi connectivity index (χ4n) is 5.02. The number of fused-ring (bicyclic) bond motifs is 5. The molecule has 4 rings (SSSR count). The molecule has 1 aromatic carbocycles. The van der Waals surface area contributed by atoms with Gasteiger partial charge in [-0.25, -0.2) is 0 Å². The third-order valence-corrected chi connectivity index (χ3v) is 6.00. The van der Waals surface area contributed by atoms with Gasteiger partial charge in [0.2, 0.25) is 0 Å². The second kappa shape index (κ2) is 4.87. The highest BCUT2D eigenvalue weighted by molar-refractivity contribution is 6.25. The quantitative estimate of drug-likeness (QED) is 0.924. The zero-order valence-electron chi connectivity index (χ0n) is 13.1. The van der Waals surface area contributed by atoms with Gasteiger partial charge in [0, 0.05) is 11.8 Å². The highest BCUT2D eigenvalue weighted by Crippen LogP contribution is 2.60. The molecule has 3 aliphatic carbocycles. The van der Waals surface area contributed by atoms with E-state index < -0.39 is 0 Å². The molecule has 22 heavy (non-hydrogen) atoms. The van der Waals surface area contributed by atoms with Gasteiger partial charge in [-0.2, -0.15) is 0 Å². The molecule has 116 valence electrons. The molecule has 0 amide bonds. The zero-order valence-corrected chi connectivity index (χ0v) is 13.1. The Labute approximate surface area is 131 Å². The molecule has 1 N–H and O–H groups in total. The molecule has 0 aromatic heterocycles. The summed E-state index contributed by atoms with van der Waals surface area (Å²) in [5, 5.41) is 10.8. The minimum atomic E-state index is 0.0321. The Morgan fingerprint density at radius 3 is 2.59 bits per heavy atom. The van der Waals surface area contributed by atoms with Crippen molar-refractivity contribution in [2.24, 2.45) is 23.7 Å². The second-order valence-electron chi connectivity index (χ2n) is 6.89. The van der Waals surface area contributed by atoms with Gasteiger partial charge in [-0.3, -0.25) is 4.79 Å². The number of aliphatic hydroxyl groups excluding tert-OH is 1. The van der Waals surface area contributed by atoms with E-state index in [0.29, 0.717) is 23.2 Å². The normalized spacial score (nSPS) is 32.7. The van der Waals surface area contributed by atoms with Crippen LogP contribution >= 0.6 is 0 Å².